The molecule has 0 aliphatic rings. The molecule has 3 aromatic rings. The highest BCUT2D eigenvalue weighted by Crippen LogP contribution is 2.29. The third-order valence-corrected chi connectivity index (χ3v) is 3.46. The van der Waals surface area contributed by atoms with E-state index >= 15 is 0 Å². The standard InChI is InChI=1S/C14H18N12O/c1-14(2,3)10-4-8(6-15-17-12-19-23-24-20-12)11(27)9(5-10)7-16-18-13-21-25-26-22-13/h4-7,27H,1-3H3,(H2,17,19,20,23,24)(H2,18,21,22,25,26)/b15-6-,16-7-. The largest absolute Gasteiger partial charge is 0.507 e. The van der Waals surface area contributed by atoms with E-state index in [4.69, 9.17) is 0 Å². The van der Waals surface area contributed by atoms with E-state index in [1.807, 2.05) is 12.1 Å². The zero-order valence-corrected chi connectivity index (χ0v) is 14.8. The number of hydrogen-bond donors (Lipinski definition) is 5. The van der Waals surface area contributed by atoms with E-state index in [-0.39, 0.29) is 23.1 Å². The highest BCUT2D eigenvalue weighted by atomic mass is 16.3. The summed E-state index contributed by atoms with van der Waals surface area (Å²) >= 11 is 0. The molecule has 2 aromatic heterocycles. The van der Waals surface area contributed by atoms with Gasteiger partial charge in [-0.15, -0.1) is 10.2 Å². The lowest BCUT2D eigenvalue weighted by Gasteiger charge is -2.21. The Bertz CT molecular complexity index is 856. The molecule has 0 saturated carbocycles. The van der Waals surface area contributed by atoms with Crippen molar-refractivity contribution in [3.05, 3.63) is 28.8 Å². The summed E-state index contributed by atoms with van der Waals surface area (Å²) in [7, 11) is 0. The van der Waals surface area contributed by atoms with E-state index in [2.05, 4.69) is 83.1 Å². The van der Waals surface area contributed by atoms with Gasteiger partial charge in [-0.25, -0.2) is 10.9 Å². The number of phenolic OH excluding ortho intramolecular Hbond substituents is 1. The average molecular weight is 370 g/mol. The number of hydrazone groups is 2. The fourth-order valence-electron chi connectivity index (χ4n) is 2.05. The number of aromatic nitrogens is 8. The van der Waals surface area contributed by atoms with Gasteiger partial charge in [-0.2, -0.15) is 20.6 Å². The molecular weight excluding hydrogens is 352 g/mol. The Morgan fingerprint density at radius 1 is 0.926 bits per heavy atom. The van der Waals surface area contributed by atoms with Crippen LogP contribution in [-0.2, 0) is 5.41 Å². The Labute approximate surface area is 153 Å². The third kappa shape index (κ3) is 4.59. The number of phenols is 1. The molecule has 0 atom stereocenters. The van der Waals surface area contributed by atoms with E-state index in [1.165, 1.54) is 12.4 Å². The molecule has 0 fully saturated rings. The molecule has 0 amide bonds. The lowest BCUT2D eigenvalue weighted by molar-refractivity contribution is 0.472. The summed E-state index contributed by atoms with van der Waals surface area (Å²) in [5.74, 6) is 0.438. The Hall–Kier alpha value is -3.90. The van der Waals surface area contributed by atoms with E-state index in [9.17, 15) is 5.11 Å². The van der Waals surface area contributed by atoms with E-state index in [0.717, 1.165) is 5.56 Å². The van der Waals surface area contributed by atoms with Crippen LogP contribution in [0, 0.1) is 0 Å². The molecular formula is C14H18N12O. The number of nitrogens with zero attached hydrogens (tertiary/aromatic N) is 8. The van der Waals surface area contributed by atoms with Crippen molar-refractivity contribution in [3.8, 4) is 5.75 Å². The Morgan fingerprint density at radius 3 is 1.78 bits per heavy atom. The molecule has 27 heavy (non-hydrogen) atoms. The monoisotopic (exact) mass is 370 g/mol. The normalized spacial score (nSPS) is 12.1. The Morgan fingerprint density at radius 2 is 1.41 bits per heavy atom. The molecule has 0 aliphatic heterocycles. The van der Waals surface area contributed by atoms with Crippen LogP contribution in [-0.4, -0.2) is 58.8 Å². The summed E-state index contributed by atoms with van der Waals surface area (Å²) < 4.78 is 0. The molecule has 1 aromatic carbocycles. The highest BCUT2D eigenvalue weighted by molar-refractivity contribution is 5.92. The third-order valence-electron chi connectivity index (χ3n) is 3.46. The maximum atomic E-state index is 10.6. The number of aromatic amines is 2. The number of H-pyrrole nitrogens is 2. The van der Waals surface area contributed by atoms with Crippen molar-refractivity contribution in [2.75, 3.05) is 10.9 Å². The number of anilines is 2. The van der Waals surface area contributed by atoms with Crippen LogP contribution in [0.5, 0.6) is 5.75 Å². The maximum absolute atomic E-state index is 10.6. The molecule has 3 rings (SSSR count). The zero-order chi connectivity index (χ0) is 19.3. The van der Waals surface area contributed by atoms with Gasteiger partial charge in [-0.3, -0.25) is 0 Å². The number of tetrazole rings is 2. The van der Waals surface area contributed by atoms with E-state index in [0.29, 0.717) is 11.1 Å². The molecule has 0 spiro atoms. The van der Waals surface area contributed by atoms with Gasteiger partial charge in [-0.05, 0) is 33.5 Å². The van der Waals surface area contributed by atoms with Gasteiger partial charge in [-0.1, -0.05) is 31.0 Å². The molecule has 140 valence electrons. The lowest BCUT2D eigenvalue weighted by atomic mass is 9.85. The first-order valence-corrected chi connectivity index (χ1v) is 7.86. The summed E-state index contributed by atoms with van der Waals surface area (Å²) in [6.07, 6.45) is 2.93. The molecule has 13 nitrogen and oxygen atoms in total. The van der Waals surface area contributed by atoms with Crippen LogP contribution < -0.4 is 10.9 Å². The topological polar surface area (TPSA) is 178 Å². The van der Waals surface area contributed by atoms with Gasteiger partial charge in [0.15, 0.2) is 0 Å². The van der Waals surface area contributed by atoms with E-state index in [1.54, 1.807) is 0 Å². The first-order valence-electron chi connectivity index (χ1n) is 7.86. The Kier molecular flexibility index (Phi) is 5.01. The summed E-state index contributed by atoms with van der Waals surface area (Å²) in [4.78, 5) is 0. The van der Waals surface area contributed by atoms with Gasteiger partial charge < -0.3 is 5.11 Å². The number of aromatic hydroxyl groups is 1. The Balaban J connectivity index is 1.87. The summed E-state index contributed by atoms with van der Waals surface area (Å²) in [5, 5.41) is 44.9. The summed E-state index contributed by atoms with van der Waals surface area (Å²) in [6.45, 7) is 6.20. The molecule has 0 saturated heterocycles. The van der Waals surface area contributed by atoms with Crippen LogP contribution in [0.15, 0.2) is 22.3 Å². The van der Waals surface area contributed by atoms with Crippen molar-refractivity contribution in [3.63, 3.8) is 0 Å². The number of benzene rings is 1. The van der Waals surface area contributed by atoms with Gasteiger partial charge in [0.2, 0.25) is 0 Å². The van der Waals surface area contributed by atoms with Crippen molar-refractivity contribution < 1.29 is 5.11 Å². The maximum Gasteiger partial charge on any atom is 0.283 e. The predicted molar refractivity (Wildman–Crippen MR) is 97.6 cm³/mol. The van der Waals surface area contributed by atoms with Crippen molar-refractivity contribution >= 4 is 24.3 Å². The number of nitrogens with one attached hydrogen (secondary N) is 4. The SMILES string of the molecule is CC(C)(C)c1cc(/C=N\Nc2nn[nH]n2)c(O)c(/C=N\Nc2nn[nH]n2)c1. The first kappa shape index (κ1) is 17.9. The van der Waals surface area contributed by atoms with Crippen LogP contribution in [0.1, 0.15) is 37.5 Å². The van der Waals surface area contributed by atoms with Crippen LogP contribution in [0.4, 0.5) is 11.9 Å². The second-order valence-electron chi connectivity index (χ2n) is 6.46. The number of hydrogen-bond acceptors (Lipinski definition) is 11. The molecule has 13 heteroatoms. The fourth-order valence-corrected chi connectivity index (χ4v) is 2.05. The molecule has 5 N–H and O–H groups in total. The quantitative estimate of drug-likeness (QED) is 0.307. The summed E-state index contributed by atoms with van der Waals surface area (Å²) in [5.41, 5.74) is 7.05. The minimum atomic E-state index is -0.152. The van der Waals surface area contributed by atoms with Gasteiger partial charge in [0.1, 0.15) is 5.75 Å². The second kappa shape index (κ2) is 7.55. The fraction of sp³-hybridized carbons (Fsp3) is 0.286. The van der Waals surface area contributed by atoms with Crippen molar-refractivity contribution in [1.29, 1.82) is 0 Å². The van der Waals surface area contributed by atoms with E-state index < -0.39 is 0 Å². The predicted octanol–water partition coefficient (Wildman–Crippen LogP) is 0.608. The average Bonchev–Trinajstić information content (AvgIpc) is 3.30. The smallest absolute Gasteiger partial charge is 0.283 e. The molecule has 0 bridgehead atoms. The van der Waals surface area contributed by atoms with Gasteiger partial charge >= 0.3 is 0 Å². The zero-order valence-electron chi connectivity index (χ0n) is 14.8. The second-order valence-corrected chi connectivity index (χ2v) is 6.46. The van der Waals surface area contributed by atoms with Gasteiger partial charge in [0.05, 0.1) is 12.4 Å². The van der Waals surface area contributed by atoms with Crippen LogP contribution >= 0.6 is 0 Å². The molecule has 0 radical (unpaired) electrons. The number of rotatable bonds is 6. The van der Waals surface area contributed by atoms with Crippen LogP contribution in [0.25, 0.3) is 0 Å². The van der Waals surface area contributed by atoms with Crippen molar-refractivity contribution in [1.82, 2.24) is 41.2 Å². The van der Waals surface area contributed by atoms with Gasteiger partial charge in [0.25, 0.3) is 11.9 Å². The van der Waals surface area contributed by atoms with Crippen molar-refractivity contribution in [2.24, 2.45) is 10.2 Å². The first-order chi connectivity index (χ1) is 12.9. The highest BCUT2D eigenvalue weighted by Gasteiger charge is 2.17. The van der Waals surface area contributed by atoms with Gasteiger partial charge in [0, 0.05) is 11.1 Å². The lowest BCUT2D eigenvalue weighted by Crippen LogP contribution is -2.12. The van der Waals surface area contributed by atoms with Crippen LogP contribution in [0.3, 0.4) is 0 Å². The van der Waals surface area contributed by atoms with Crippen LogP contribution in [0.2, 0.25) is 0 Å². The molecule has 0 unspecified atom stereocenters. The molecule has 2 heterocycles. The van der Waals surface area contributed by atoms with Crippen molar-refractivity contribution in [2.45, 2.75) is 26.2 Å². The minimum Gasteiger partial charge on any atom is -0.507 e. The summed E-state index contributed by atoms with van der Waals surface area (Å²) in [6, 6.07) is 3.70. The minimum absolute atomic E-state index is 0.0142. The molecule has 0 aliphatic carbocycles.